The van der Waals surface area contributed by atoms with Crippen molar-refractivity contribution in [3.05, 3.63) is 103 Å². The molecule has 0 aliphatic carbocycles. The van der Waals surface area contributed by atoms with Crippen molar-refractivity contribution in [3.63, 3.8) is 0 Å². The van der Waals surface area contributed by atoms with Crippen LogP contribution in [0.1, 0.15) is 12.5 Å². The molecule has 0 aliphatic heterocycles. The molecular weight excluding hydrogens is 447 g/mol. The molecule has 2 heterocycles. The van der Waals surface area contributed by atoms with E-state index in [0.717, 1.165) is 11.1 Å². The zero-order valence-corrected chi connectivity index (χ0v) is 18.9. The van der Waals surface area contributed by atoms with E-state index in [4.69, 9.17) is 4.74 Å². The molecule has 0 fully saturated rings. The second kappa shape index (κ2) is 11.0. The van der Waals surface area contributed by atoms with E-state index in [0.29, 0.717) is 29.4 Å². The molecule has 0 saturated heterocycles. The number of hydrogen-bond acceptors (Lipinski definition) is 5. The van der Waals surface area contributed by atoms with Crippen LogP contribution in [0.2, 0.25) is 0 Å². The Balaban J connectivity index is 1.45. The maximum absolute atomic E-state index is 13.1. The first-order valence-corrected chi connectivity index (χ1v) is 10.9. The van der Waals surface area contributed by atoms with Gasteiger partial charge in [-0.3, -0.25) is 14.6 Å². The lowest BCUT2D eigenvalue weighted by molar-refractivity contribution is -0.125. The van der Waals surface area contributed by atoms with Gasteiger partial charge >= 0.3 is 0 Å². The zero-order valence-electron chi connectivity index (χ0n) is 18.9. The number of rotatable bonds is 8. The lowest BCUT2D eigenvalue weighted by atomic mass is 10.1. The third-order valence-electron chi connectivity index (χ3n) is 5.06. The van der Waals surface area contributed by atoms with Gasteiger partial charge in [0.1, 0.15) is 29.2 Å². The highest BCUT2D eigenvalue weighted by Gasteiger charge is 2.21. The van der Waals surface area contributed by atoms with Crippen LogP contribution in [0.25, 0.3) is 11.3 Å². The molecule has 0 saturated carbocycles. The average molecular weight is 471 g/mol. The highest BCUT2D eigenvalue weighted by Crippen LogP contribution is 2.26. The number of nitrogens with one attached hydrogen (secondary N) is 2. The fourth-order valence-corrected chi connectivity index (χ4v) is 3.42. The predicted octanol–water partition coefficient (Wildman–Crippen LogP) is 4.76. The highest BCUT2D eigenvalue weighted by molar-refractivity contribution is 5.96. The summed E-state index contributed by atoms with van der Waals surface area (Å²) in [6, 6.07) is 21.2. The first kappa shape index (κ1) is 23.6. The SMILES string of the molecule is CC(=O)N[C@@H](Cc1cccnc1)C(=O)Nc1cccc(-c2ccc(Oc3ccc(F)cc3)cc2)n1. The summed E-state index contributed by atoms with van der Waals surface area (Å²) in [6.07, 6.45) is 3.60. The van der Waals surface area contributed by atoms with Crippen molar-refractivity contribution < 1.29 is 18.7 Å². The molecular formula is C27H23FN4O3. The van der Waals surface area contributed by atoms with E-state index in [1.807, 2.05) is 24.3 Å². The summed E-state index contributed by atoms with van der Waals surface area (Å²) in [5.41, 5.74) is 2.30. The van der Waals surface area contributed by atoms with Crippen LogP contribution in [0.15, 0.2) is 91.3 Å². The van der Waals surface area contributed by atoms with E-state index in [-0.39, 0.29) is 17.6 Å². The van der Waals surface area contributed by atoms with Crippen LogP contribution in [0.3, 0.4) is 0 Å². The van der Waals surface area contributed by atoms with Gasteiger partial charge in [0.2, 0.25) is 11.8 Å². The minimum Gasteiger partial charge on any atom is -0.457 e. The number of hydrogen-bond donors (Lipinski definition) is 2. The summed E-state index contributed by atoms with van der Waals surface area (Å²) in [6.45, 7) is 1.37. The summed E-state index contributed by atoms with van der Waals surface area (Å²) >= 11 is 0. The third kappa shape index (κ3) is 6.70. The minimum absolute atomic E-state index is 0.300. The van der Waals surface area contributed by atoms with Crippen molar-refractivity contribution in [2.75, 3.05) is 5.32 Å². The van der Waals surface area contributed by atoms with Crippen LogP contribution >= 0.6 is 0 Å². The number of pyridine rings is 2. The van der Waals surface area contributed by atoms with Gasteiger partial charge in [-0.05, 0) is 72.3 Å². The van der Waals surface area contributed by atoms with Gasteiger partial charge in [-0.25, -0.2) is 9.37 Å². The Bertz CT molecular complexity index is 1300. The summed E-state index contributed by atoms with van der Waals surface area (Å²) < 4.78 is 18.8. The summed E-state index contributed by atoms with van der Waals surface area (Å²) in [4.78, 5) is 33.2. The number of nitrogens with zero attached hydrogens (tertiary/aromatic N) is 2. The largest absolute Gasteiger partial charge is 0.457 e. The molecule has 2 aromatic heterocycles. The first-order valence-electron chi connectivity index (χ1n) is 10.9. The predicted molar refractivity (Wildman–Crippen MR) is 130 cm³/mol. The maximum atomic E-state index is 13.1. The third-order valence-corrected chi connectivity index (χ3v) is 5.06. The topological polar surface area (TPSA) is 93.2 Å². The number of anilines is 1. The lowest BCUT2D eigenvalue weighted by Gasteiger charge is -2.17. The Morgan fingerprint density at radius 2 is 1.66 bits per heavy atom. The van der Waals surface area contributed by atoms with E-state index >= 15 is 0 Å². The van der Waals surface area contributed by atoms with Gasteiger partial charge in [-0.15, -0.1) is 0 Å². The van der Waals surface area contributed by atoms with E-state index in [1.165, 1.54) is 19.1 Å². The molecule has 2 N–H and O–H groups in total. The van der Waals surface area contributed by atoms with Crippen LogP contribution in [0.5, 0.6) is 11.5 Å². The fraction of sp³-hybridized carbons (Fsp3) is 0.111. The number of ether oxygens (including phenoxy) is 1. The van der Waals surface area contributed by atoms with Gasteiger partial charge < -0.3 is 15.4 Å². The Kier molecular flexibility index (Phi) is 7.42. The molecule has 0 spiro atoms. The Morgan fingerprint density at radius 1 is 0.943 bits per heavy atom. The normalized spacial score (nSPS) is 11.4. The van der Waals surface area contributed by atoms with E-state index in [9.17, 15) is 14.0 Å². The summed E-state index contributed by atoms with van der Waals surface area (Å²) in [5.74, 6) is 0.475. The molecule has 8 heteroatoms. The van der Waals surface area contributed by atoms with Gasteiger partial charge in [0.15, 0.2) is 0 Å². The van der Waals surface area contributed by atoms with Gasteiger partial charge in [0.25, 0.3) is 0 Å². The van der Waals surface area contributed by atoms with Crippen LogP contribution in [-0.2, 0) is 16.0 Å². The highest BCUT2D eigenvalue weighted by atomic mass is 19.1. The number of halogens is 1. The second-order valence-corrected chi connectivity index (χ2v) is 7.80. The molecule has 176 valence electrons. The van der Waals surface area contributed by atoms with Crippen LogP contribution < -0.4 is 15.4 Å². The number of carbonyl (C=O) groups is 2. The smallest absolute Gasteiger partial charge is 0.248 e. The molecule has 4 rings (SSSR count). The van der Waals surface area contributed by atoms with Crippen molar-refractivity contribution in [1.82, 2.24) is 15.3 Å². The Hall–Kier alpha value is -4.59. The summed E-state index contributed by atoms with van der Waals surface area (Å²) in [5, 5.41) is 5.47. The number of aromatic nitrogens is 2. The molecule has 2 aromatic carbocycles. The van der Waals surface area contributed by atoms with Crippen LogP contribution in [0, 0.1) is 5.82 Å². The van der Waals surface area contributed by atoms with Crippen molar-refractivity contribution in [3.8, 4) is 22.8 Å². The monoisotopic (exact) mass is 470 g/mol. The molecule has 4 aromatic rings. The van der Waals surface area contributed by atoms with Gasteiger partial charge in [-0.1, -0.05) is 12.1 Å². The molecule has 1 atom stereocenters. The van der Waals surface area contributed by atoms with Gasteiger partial charge in [-0.2, -0.15) is 0 Å². The van der Waals surface area contributed by atoms with Crippen LogP contribution in [-0.4, -0.2) is 27.8 Å². The van der Waals surface area contributed by atoms with Gasteiger partial charge in [0.05, 0.1) is 5.69 Å². The van der Waals surface area contributed by atoms with Crippen molar-refractivity contribution in [1.29, 1.82) is 0 Å². The number of benzene rings is 2. The van der Waals surface area contributed by atoms with E-state index in [2.05, 4.69) is 20.6 Å². The molecule has 35 heavy (non-hydrogen) atoms. The Morgan fingerprint density at radius 3 is 2.31 bits per heavy atom. The quantitative estimate of drug-likeness (QED) is 0.387. The van der Waals surface area contributed by atoms with Crippen molar-refractivity contribution >= 4 is 17.6 Å². The summed E-state index contributed by atoms with van der Waals surface area (Å²) in [7, 11) is 0. The molecule has 0 radical (unpaired) electrons. The molecule has 0 aliphatic rings. The minimum atomic E-state index is -0.773. The average Bonchev–Trinajstić information content (AvgIpc) is 2.86. The van der Waals surface area contributed by atoms with Gasteiger partial charge in [0, 0.05) is 31.3 Å². The standard InChI is InChI=1S/C27H23FN4O3/c1-18(33)30-25(16-19-4-3-15-29-17-19)27(34)32-26-6-2-5-24(31-26)20-7-11-22(12-8-20)35-23-13-9-21(28)10-14-23/h2-15,17,25H,16H2,1H3,(H,30,33)(H,31,32,34)/t25-/m0/s1. The lowest BCUT2D eigenvalue weighted by Crippen LogP contribution is -2.44. The van der Waals surface area contributed by atoms with Crippen LogP contribution in [0.4, 0.5) is 10.2 Å². The van der Waals surface area contributed by atoms with Crippen molar-refractivity contribution in [2.45, 2.75) is 19.4 Å². The van der Waals surface area contributed by atoms with E-state index in [1.54, 1.807) is 54.9 Å². The fourth-order valence-electron chi connectivity index (χ4n) is 3.42. The maximum Gasteiger partial charge on any atom is 0.248 e. The molecule has 0 bridgehead atoms. The number of carbonyl (C=O) groups excluding carboxylic acids is 2. The Labute approximate surface area is 202 Å². The number of amides is 2. The zero-order chi connectivity index (χ0) is 24.6. The van der Waals surface area contributed by atoms with Crippen molar-refractivity contribution in [2.24, 2.45) is 0 Å². The second-order valence-electron chi connectivity index (χ2n) is 7.80. The van der Waals surface area contributed by atoms with E-state index < -0.39 is 6.04 Å². The first-order chi connectivity index (χ1) is 17.0. The molecule has 7 nitrogen and oxygen atoms in total. The molecule has 2 amide bonds. The molecule has 0 unspecified atom stereocenters.